The molecule has 2 aliphatic heterocycles. The second-order valence-corrected chi connectivity index (χ2v) is 16.0. The van der Waals surface area contributed by atoms with Crippen molar-refractivity contribution in [3.8, 4) is 0 Å². The number of nitrogens with one attached hydrogen (secondary N) is 1. The summed E-state index contributed by atoms with van der Waals surface area (Å²) in [5.41, 5.74) is 4.15. The zero-order valence-electron chi connectivity index (χ0n) is 33.1. The summed E-state index contributed by atoms with van der Waals surface area (Å²) in [6.07, 6.45) is -0.150. The molecule has 14 heteroatoms. The van der Waals surface area contributed by atoms with Crippen molar-refractivity contribution in [3.63, 3.8) is 0 Å². The molecule has 1 aromatic heterocycles. The Morgan fingerprint density at radius 2 is 1.25 bits per heavy atom. The largest absolute Gasteiger partial charge is 0.392 e. The van der Waals surface area contributed by atoms with Gasteiger partial charge in [0, 0.05) is 48.4 Å². The van der Waals surface area contributed by atoms with E-state index in [1.165, 1.54) is 0 Å². The Bertz CT molecular complexity index is 2120. The van der Waals surface area contributed by atoms with Crippen LogP contribution in [0.3, 0.4) is 0 Å². The second-order valence-electron chi connectivity index (χ2n) is 14.3. The van der Waals surface area contributed by atoms with Crippen LogP contribution in [0.15, 0.2) is 120 Å². The first-order chi connectivity index (χ1) is 29.0. The molecule has 0 aliphatic carbocycles. The Morgan fingerprint density at radius 3 is 1.92 bits per heavy atom. The molecule has 4 atom stereocenters. The van der Waals surface area contributed by atoms with Gasteiger partial charge < -0.3 is 38.3 Å². The molecular formula is C45H53N3O10S. The number of hydrogen-bond donors (Lipinski definition) is 2. The van der Waals surface area contributed by atoms with E-state index in [9.17, 15) is 13.5 Å². The third-order valence-electron chi connectivity index (χ3n) is 10.3. The highest BCUT2D eigenvalue weighted by molar-refractivity contribution is 7.93. The van der Waals surface area contributed by atoms with Crippen molar-refractivity contribution in [1.29, 1.82) is 0 Å². The maximum Gasteiger partial charge on any atom is 0.264 e. The predicted octanol–water partition coefficient (Wildman–Crippen LogP) is 5.87. The van der Waals surface area contributed by atoms with E-state index in [1.54, 1.807) is 42.6 Å². The average Bonchev–Trinajstić information content (AvgIpc) is 3.26. The number of hydrogen-bond acceptors (Lipinski definition) is 12. The predicted molar refractivity (Wildman–Crippen MR) is 223 cm³/mol. The lowest BCUT2D eigenvalue weighted by atomic mass is 9.83. The zero-order chi connectivity index (χ0) is 40.7. The summed E-state index contributed by atoms with van der Waals surface area (Å²) in [7, 11) is -4.02. The van der Waals surface area contributed by atoms with Crippen LogP contribution in [0.5, 0.6) is 0 Å². The highest BCUT2D eigenvalue weighted by Gasteiger charge is 2.42. The van der Waals surface area contributed by atoms with Crippen LogP contribution >= 0.6 is 0 Å². The van der Waals surface area contributed by atoms with Gasteiger partial charge in [-0.05, 0) is 41.0 Å². The molecule has 5 aromatic rings. The number of anilines is 1. The second kappa shape index (κ2) is 21.8. The number of rotatable bonds is 9. The molecule has 4 unspecified atom stereocenters. The Balaban J connectivity index is 1.18. The minimum Gasteiger partial charge on any atom is -0.392 e. The van der Waals surface area contributed by atoms with Crippen molar-refractivity contribution >= 4 is 26.6 Å². The molecular weight excluding hydrogens is 775 g/mol. The van der Waals surface area contributed by atoms with E-state index in [0.717, 1.165) is 22.1 Å². The van der Waals surface area contributed by atoms with E-state index >= 15 is 0 Å². The Hall–Kier alpha value is -4.32. The Morgan fingerprint density at radius 1 is 0.644 bits per heavy atom. The van der Waals surface area contributed by atoms with Gasteiger partial charge in [-0.25, -0.2) is 8.42 Å². The van der Waals surface area contributed by atoms with Gasteiger partial charge in [0.15, 0.2) is 6.29 Å². The molecule has 3 heterocycles. The van der Waals surface area contributed by atoms with E-state index in [4.69, 9.17) is 33.2 Å². The molecule has 0 saturated carbocycles. The quantitative estimate of drug-likeness (QED) is 0.183. The van der Waals surface area contributed by atoms with Crippen molar-refractivity contribution in [2.45, 2.75) is 35.9 Å². The highest BCUT2D eigenvalue weighted by atomic mass is 32.2. The van der Waals surface area contributed by atoms with Gasteiger partial charge in [0.1, 0.15) is 4.90 Å². The minimum absolute atomic E-state index is 0.0778. The van der Waals surface area contributed by atoms with E-state index in [-0.39, 0.29) is 17.4 Å². The molecule has 13 nitrogen and oxygen atoms in total. The summed E-state index contributed by atoms with van der Waals surface area (Å²) < 4.78 is 73.3. The monoisotopic (exact) mass is 827 g/mol. The van der Waals surface area contributed by atoms with Crippen molar-refractivity contribution in [2.24, 2.45) is 0 Å². The van der Waals surface area contributed by atoms with E-state index in [1.807, 2.05) is 60.7 Å². The Kier molecular flexibility index (Phi) is 15.8. The van der Waals surface area contributed by atoms with E-state index < -0.39 is 28.5 Å². The molecule has 0 bridgehead atoms. The van der Waals surface area contributed by atoms with Crippen LogP contribution in [0.4, 0.5) is 5.69 Å². The van der Waals surface area contributed by atoms with Gasteiger partial charge >= 0.3 is 0 Å². The first-order valence-electron chi connectivity index (χ1n) is 20.1. The molecule has 2 N–H and O–H groups in total. The number of nitrogens with zero attached hydrogens (tertiary/aromatic N) is 2. The maximum atomic E-state index is 13.8. The normalized spacial score (nSPS) is 22.6. The van der Waals surface area contributed by atoms with E-state index in [2.05, 4.69) is 26.7 Å². The number of sulfonamides is 1. The van der Waals surface area contributed by atoms with Crippen LogP contribution in [0.1, 0.15) is 40.6 Å². The van der Waals surface area contributed by atoms with Crippen LogP contribution in [0.2, 0.25) is 0 Å². The topological polar surface area (TPSA) is 147 Å². The fourth-order valence-electron chi connectivity index (χ4n) is 7.34. The molecule has 314 valence electrons. The number of pyridine rings is 1. The summed E-state index contributed by atoms with van der Waals surface area (Å²) in [4.78, 5) is 6.73. The van der Waals surface area contributed by atoms with Crippen LogP contribution < -0.4 is 4.72 Å². The summed E-state index contributed by atoms with van der Waals surface area (Å²) in [6, 6.07) is 33.8. The summed E-state index contributed by atoms with van der Waals surface area (Å²) >= 11 is 0. The van der Waals surface area contributed by atoms with Gasteiger partial charge in [-0.15, -0.1) is 0 Å². The lowest BCUT2D eigenvalue weighted by Crippen LogP contribution is -2.46. The summed E-state index contributed by atoms with van der Waals surface area (Å²) in [5, 5.41) is 10.6. The van der Waals surface area contributed by atoms with Gasteiger partial charge in [0.25, 0.3) is 10.0 Å². The first-order valence-corrected chi connectivity index (χ1v) is 21.6. The van der Waals surface area contributed by atoms with Crippen LogP contribution in [-0.4, -0.2) is 115 Å². The highest BCUT2D eigenvalue weighted by Crippen LogP contribution is 2.47. The fraction of sp³-hybridized carbons (Fsp3) is 0.400. The van der Waals surface area contributed by atoms with Crippen molar-refractivity contribution in [2.75, 3.05) is 90.4 Å². The van der Waals surface area contributed by atoms with Crippen LogP contribution in [0, 0.1) is 0 Å². The van der Waals surface area contributed by atoms with Crippen LogP contribution in [-0.2, 0) is 49.8 Å². The van der Waals surface area contributed by atoms with Gasteiger partial charge in [-0.3, -0.25) is 14.6 Å². The van der Waals surface area contributed by atoms with Gasteiger partial charge in [-0.2, -0.15) is 0 Å². The lowest BCUT2D eigenvalue weighted by molar-refractivity contribution is -0.263. The Labute approximate surface area is 346 Å². The third-order valence-corrected chi connectivity index (χ3v) is 11.7. The van der Waals surface area contributed by atoms with Gasteiger partial charge in [-0.1, -0.05) is 84.9 Å². The average molecular weight is 828 g/mol. The number of aromatic nitrogens is 1. The van der Waals surface area contributed by atoms with Gasteiger partial charge in [0.05, 0.1) is 90.4 Å². The molecule has 4 aromatic carbocycles. The number of ether oxygens (including phenoxy) is 7. The summed E-state index contributed by atoms with van der Waals surface area (Å²) in [5.74, 6) is -0.244. The molecule has 2 aliphatic rings. The standard InChI is InChI=1S/C45H53N3O10S/c49-33-34-14-16-37(17-15-34)44-42(35-7-2-1-3-8-35)40(32-48-19-21-52-23-25-54-27-29-56-30-28-55-26-24-53-22-20-48)57-45(58-44)38-10-4-12-39(31-38)47-59(50,51)41-13-5-9-36-11-6-18-46-43(36)41/h1-18,31,40,42,44-45,47,49H,19-30,32-33H2. The fourth-order valence-corrected chi connectivity index (χ4v) is 8.57. The molecule has 0 spiro atoms. The number of aliphatic hydroxyl groups excluding tert-OH is 1. The lowest BCUT2D eigenvalue weighted by Gasteiger charge is -2.44. The van der Waals surface area contributed by atoms with Crippen molar-refractivity contribution in [3.05, 3.63) is 138 Å². The molecule has 0 radical (unpaired) electrons. The molecule has 2 fully saturated rings. The summed E-state index contributed by atoms with van der Waals surface area (Å²) in [6.45, 7) is 6.45. The maximum absolute atomic E-state index is 13.8. The van der Waals surface area contributed by atoms with E-state index in [0.29, 0.717) is 102 Å². The SMILES string of the molecule is O=S(=O)(Nc1cccc(C2OC(CN3CCOCCOCCOCCOCCOCC3)C(c3ccccc3)C(c3ccc(CO)cc3)O2)c1)c1cccc2cccnc12. The number of para-hydroxylation sites is 1. The molecule has 7 rings (SSSR count). The minimum atomic E-state index is -4.02. The zero-order valence-corrected chi connectivity index (χ0v) is 33.9. The molecule has 59 heavy (non-hydrogen) atoms. The van der Waals surface area contributed by atoms with Crippen molar-refractivity contribution in [1.82, 2.24) is 9.88 Å². The van der Waals surface area contributed by atoms with Crippen molar-refractivity contribution < 1.29 is 46.7 Å². The molecule has 2 saturated heterocycles. The smallest absolute Gasteiger partial charge is 0.264 e. The molecule has 0 amide bonds. The first kappa shape index (κ1) is 42.8. The number of aliphatic hydroxyl groups is 1. The van der Waals surface area contributed by atoms with Crippen LogP contribution in [0.25, 0.3) is 10.9 Å². The van der Waals surface area contributed by atoms with Gasteiger partial charge in [0.2, 0.25) is 0 Å². The number of benzene rings is 4. The number of fused-ring (bicyclic) bond motifs is 1. The third kappa shape index (κ3) is 11.9.